The van der Waals surface area contributed by atoms with Gasteiger partial charge in [0.05, 0.1) is 11.1 Å². The molecule has 0 bridgehead atoms. The molecule has 0 saturated heterocycles. The molecule has 0 aliphatic heterocycles. The number of nitrogen functional groups attached to an aromatic ring is 1. The summed E-state index contributed by atoms with van der Waals surface area (Å²) in [5.74, 6) is -1.30. The van der Waals surface area contributed by atoms with Gasteiger partial charge in [-0.3, -0.25) is 4.79 Å². The monoisotopic (exact) mass is 313 g/mol. The first-order chi connectivity index (χ1) is 6.43. The first-order valence-corrected chi connectivity index (χ1v) is 4.55. The second-order valence-corrected chi connectivity index (χ2v) is 3.56. The predicted octanol–water partition coefficient (Wildman–Crippen LogP) is 1.30. The summed E-state index contributed by atoms with van der Waals surface area (Å²) in [5, 5.41) is 0. The van der Waals surface area contributed by atoms with E-state index in [0.29, 0.717) is 3.70 Å². The van der Waals surface area contributed by atoms with Crippen molar-refractivity contribution in [2.75, 3.05) is 5.73 Å². The van der Waals surface area contributed by atoms with Crippen molar-refractivity contribution in [3.05, 3.63) is 20.9 Å². The Hall–Kier alpha value is -0.990. The number of anilines is 1. The number of amides is 1. The molecule has 14 heavy (non-hydrogen) atoms. The molecule has 1 rings (SSSR count). The summed E-state index contributed by atoms with van der Waals surface area (Å²) in [6, 6.07) is 1.18. The highest BCUT2D eigenvalue weighted by atomic mass is 127. The van der Waals surface area contributed by atoms with Gasteiger partial charge in [-0.15, -0.1) is 0 Å². The molecule has 0 unspecified atom stereocenters. The Kier molecular flexibility index (Phi) is 3.19. The lowest BCUT2D eigenvalue weighted by atomic mass is 10.1. The van der Waals surface area contributed by atoms with E-state index >= 15 is 0 Å². The number of halogens is 3. The summed E-state index contributed by atoms with van der Waals surface area (Å²) in [7, 11) is 0. The maximum Gasteiger partial charge on any atom is 0.268 e. The van der Waals surface area contributed by atoms with Gasteiger partial charge in [-0.05, 0) is 28.7 Å². The lowest BCUT2D eigenvalue weighted by Gasteiger charge is -2.08. The zero-order valence-corrected chi connectivity index (χ0v) is 8.96. The summed E-state index contributed by atoms with van der Waals surface area (Å²) in [5.41, 5.74) is 9.31. The molecule has 0 saturated carbocycles. The van der Waals surface area contributed by atoms with Gasteiger partial charge < -0.3 is 11.5 Å². The summed E-state index contributed by atoms with van der Waals surface area (Å²) < 4.78 is 25.2. The Labute approximate surface area is 91.8 Å². The molecule has 0 aliphatic rings. The molecule has 0 aromatic carbocycles. The molecule has 1 heterocycles. The average Bonchev–Trinajstić information content (AvgIpc) is 2.01. The molecule has 1 aromatic rings. The number of carbonyl (C=O) groups is 1. The predicted molar refractivity (Wildman–Crippen MR) is 54.8 cm³/mol. The van der Waals surface area contributed by atoms with Crippen molar-refractivity contribution in [2.45, 2.75) is 6.43 Å². The quantitative estimate of drug-likeness (QED) is 0.638. The van der Waals surface area contributed by atoms with Gasteiger partial charge in [0, 0.05) is 0 Å². The molecule has 4 nitrogen and oxygen atoms in total. The molecular formula is C7H6F2IN3O. The summed E-state index contributed by atoms with van der Waals surface area (Å²) in [6.07, 6.45) is -2.86. The number of hydrogen-bond donors (Lipinski definition) is 2. The maximum atomic E-state index is 12.5. The van der Waals surface area contributed by atoms with Gasteiger partial charge >= 0.3 is 0 Å². The second-order valence-electron chi connectivity index (χ2n) is 2.46. The van der Waals surface area contributed by atoms with Crippen LogP contribution in [0.15, 0.2) is 6.07 Å². The number of primary amides is 1. The highest BCUT2D eigenvalue weighted by Gasteiger charge is 2.21. The smallest absolute Gasteiger partial charge is 0.268 e. The van der Waals surface area contributed by atoms with Crippen LogP contribution in [0.4, 0.5) is 14.6 Å². The van der Waals surface area contributed by atoms with E-state index in [-0.39, 0.29) is 11.4 Å². The van der Waals surface area contributed by atoms with Crippen molar-refractivity contribution in [1.82, 2.24) is 4.98 Å². The molecule has 0 fully saturated rings. The van der Waals surface area contributed by atoms with Gasteiger partial charge in [0.25, 0.3) is 6.43 Å². The molecule has 4 N–H and O–H groups in total. The van der Waals surface area contributed by atoms with Crippen LogP contribution in [0.5, 0.6) is 0 Å². The summed E-state index contributed by atoms with van der Waals surface area (Å²) >= 11 is 1.76. The Morgan fingerprint density at radius 2 is 2.14 bits per heavy atom. The Morgan fingerprint density at radius 1 is 1.57 bits per heavy atom. The molecular weight excluding hydrogens is 307 g/mol. The molecule has 7 heteroatoms. The van der Waals surface area contributed by atoms with Gasteiger partial charge in [-0.25, -0.2) is 13.8 Å². The van der Waals surface area contributed by atoms with E-state index in [0.717, 1.165) is 0 Å². The molecule has 0 aliphatic carbocycles. The van der Waals surface area contributed by atoms with Gasteiger partial charge in [0.2, 0.25) is 5.91 Å². The fourth-order valence-electron chi connectivity index (χ4n) is 0.976. The van der Waals surface area contributed by atoms with Crippen LogP contribution < -0.4 is 11.5 Å². The normalized spacial score (nSPS) is 10.6. The maximum absolute atomic E-state index is 12.5. The SMILES string of the molecule is NC(=O)c1cc(I)nc(N)c1C(F)F. The first kappa shape index (κ1) is 11.1. The van der Waals surface area contributed by atoms with Crippen molar-refractivity contribution in [3.63, 3.8) is 0 Å². The zero-order chi connectivity index (χ0) is 10.9. The minimum Gasteiger partial charge on any atom is -0.383 e. The van der Waals surface area contributed by atoms with Gasteiger partial charge in [0.15, 0.2) is 0 Å². The molecule has 0 radical (unpaired) electrons. The van der Waals surface area contributed by atoms with E-state index < -0.39 is 17.9 Å². The standard InChI is InChI=1S/C7H6F2IN3O/c8-5(9)4-2(7(12)14)1-3(10)13-6(4)11/h1,5H,(H2,11,13)(H2,12,14). The van der Waals surface area contributed by atoms with Crippen LogP contribution in [0.2, 0.25) is 0 Å². The topological polar surface area (TPSA) is 82.0 Å². The van der Waals surface area contributed by atoms with Crippen molar-refractivity contribution >= 4 is 34.3 Å². The largest absolute Gasteiger partial charge is 0.383 e. The third-order valence-electron chi connectivity index (χ3n) is 1.54. The Balaban J connectivity index is 3.44. The van der Waals surface area contributed by atoms with Gasteiger partial charge in [-0.2, -0.15) is 0 Å². The lowest BCUT2D eigenvalue weighted by Crippen LogP contribution is -2.16. The van der Waals surface area contributed by atoms with Crippen molar-refractivity contribution < 1.29 is 13.6 Å². The van der Waals surface area contributed by atoms with Crippen LogP contribution in [0.3, 0.4) is 0 Å². The lowest BCUT2D eigenvalue weighted by molar-refractivity contribution is 0.0986. The second kappa shape index (κ2) is 4.03. The summed E-state index contributed by atoms with van der Waals surface area (Å²) in [4.78, 5) is 14.4. The number of carbonyl (C=O) groups excluding carboxylic acids is 1. The van der Waals surface area contributed by atoms with Crippen LogP contribution in [-0.2, 0) is 0 Å². The number of pyridine rings is 1. The minimum atomic E-state index is -2.86. The molecule has 0 atom stereocenters. The minimum absolute atomic E-state index is 0.281. The molecule has 1 aromatic heterocycles. The van der Waals surface area contributed by atoms with Crippen LogP contribution in [0, 0.1) is 3.70 Å². The van der Waals surface area contributed by atoms with E-state index in [1.165, 1.54) is 6.07 Å². The van der Waals surface area contributed by atoms with Crippen molar-refractivity contribution in [2.24, 2.45) is 5.73 Å². The fourth-order valence-corrected chi connectivity index (χ4v) is 1.55. The number of nitrogens with two attached hydrogens (primary N) is 2. The van der Waals surface area contributed by atoms with Crippen LogP contribution in [-0.4, -0.2) is 10.9 Å². The third-order valence-corrected chi connectivity index (χ3v) is 2.09. The molecule has 0 spiro atoms. The van der Waals surface area contributed by atoms with Crippen LogP contribution >= 0.6 is 22.6 Å². The number of nitrogens with zero attached hydrogens (tertiary/aromatic N) is 1. The van der Waals surface area contributed by atoms with Crippen molar-refractivity contribution in [1.29, 1.82) is 0 Å². The highest BCUT2D eigenvalue weighted by Crippen LogP contribution is 2.28. The van der Waals surface area contributed by atoms with E-state index in [4.69, 9.17) is 11.5 Å². The van der Waals surface area contributed by atoms with Gasteiger partial charge in [0.1, 0.15) is 9.52 Å². The number of hydrogen-bond acceptors (Lipinski definition) is 3. The van der Waals surface area contributed by atoms with E-state index in [1.54, 1.807) is 22.6 Å². The molecule has 1 amide bonds. The molecule has 76 valence electrons. The number of alkyl halides is 2. The third kappa shape index (κ3) is 2.08. The number of rotatable bonds is 2. The van der Waals surface area contributed by atoms with Crippen LogP contribution in [0.1, 0.15) is 22.3 Å². The average molecular weight is 313 g/mol. The van der Waals surface area contributed by atoms with E-state index in [9.17, 15) is 13.6 Å². The summed E-state index contributed by atoms with van der Waals surface area (Å²) in [6.45, 7) is 0. The highest BCUT2D eigenvalue weighted by molar-refractivity contribution is 14.1. The fraction of sp³-hybridized carbons (Fsp3) is 0.143. The van der Waals surface area contributed by atoms with Gasteiger partial charge in [-0.1, -0.05) is 0 Å². The van der Waals surface area contributed by atoms with Crippen LogP contribution in [0.25, 0.3) is 0 Å². The Morgan fingerprint density at radius 3 is 2.57 bits per heavy atom. The first-order valence-electron chi connectivity index (χ1n) is 3.47. The van der Waals surface area contributed by atoms with E-state index in [2.05, 4.69) is 4.98 Å². The van der Waals surface area contributed by atoms with E-state index in [1.807, 2.05) is 0 Å². The van der Waals surface area contributed by atoms with Crippen molar-refractivity contribution in [3.8, 4) is 0 Å². The number of aromatic nitrogens is 1. The Bertz CT molecular complexity index is 383. The zero-order valence-electron chi connectivity index (χ0n) is 6.80.